The van der Waals surface area contributed by atoms with E-state index in [2.05, 4.69) is 21.4 Å². The second-order valence-electron chi connectivity index (χ2n) is 10.5. The van der Waals surface area contributed by atoms with Crippen LogP contribution in [0.2, 0.25) is 0 Å². The number of carbonyl (C=O) groups excluding carboxylic acids is 1. The first-order valence-corrected chi connectivity index (χ1v) is 15.4. The molecule has 0 fully saturated rings. The number of fused-ring (bicyclic) bond motifs is 2. The van der Waals surface area contributed by atoms with Gasteiger partial charge >= 0.3 is 12.0 Å². The molecule has 0 aliphatic carbocycles. The smallest absolute Gasteiger partial charge is 0.317 e. The fourth-order valence-electron chi connectivity index (χ4n) is 5.45. The molecular formula is C30H35N5O5S. The van der Waals surface area contributed by atoms with E-state index in [0.29, 0.717) is 25.2 Å². The van der Waals surface area contributed by atoms with Gasteiger partial charge in [0.05, 0.1) is 11.3 Å². The number of aliphatic carboxylic acids is 1. The minimum Gasteiger partial charge on any atom is -0.481 e. The molecule has 216 valence electrons. The lowest BCUT2D eigenvalue weighted by atomic mass is 9.90. The van der Waals surface area contributed by atoms with E-state index >= 15 is 0 Å². The average molecular weight is 578 g/mol. The fraction of sp³-hybridized carbons (Fsp3) is 0.367. The van der Waals surface area contributed by atoms with E-state index in [4.69, 9.17) is 4.98 Å². The van der Waals surface area contributed by atoms with E-state index in [9.17, 15) is 23.1 Å². The van der Waals surface area contributed by atoms with Gasteiger partial charge in [-0.05, 0) is 85.0 Å². The predicted molar refractivity (Wildman–Crippen MR) is 156 cm³/mol. The normalized spacial score (nSPS) is 16.5. The van der Waals surface area contributed by atoms with Crippen molar-refractivity contribution in [2.24, 2.45) is 0 Å². The Morgan fingerprint density at radius 2 is 1.90 bits per heavy atom. The number of nitrogens with zero attached hydrogens (tertiary/aromatic N) is 2. The molecule has 5 rings (SSSR count). The van der Waals surface area contributed by atoms with E-state index < -0.39 is 16.0 Å². The van der Waals surface area contributed by atoms with Crippen molar-refractivity contribution < 1.29 is 23.1 Å². The fourth-order valence-corrected chi connectivity index (χ4v) is 6.52. The number of anilines is 2. The summed E-state index contributed by atoms with van der Waals surface area (Å²) >= 11 is 0. The molecule has 11 heteroatoms. The molecule has 0 bridgehead atoms. The van der Waals surface area contributed by atoms with Crippen LogP contribution in [-0.4, -0.2) is 55.0 Å². The zero-order valence-electron chi connectivity index (χ0n) is 22.8. The zero-order chi connectivity index (χ0) is 28.8. The Labute approximate surface area is 240 Å². The van der Waals surface area contributed by atoms with Gasteiger partial charge in [0.25, 0.3) is 10.0 Å². The molecule has 0 radical (unpaired) electrons. The molecule has 3 heterocycles. The van der Waals surface area contributed by atoms with Gasteiger partial charge in [0.15, 0.2) is 0 Å². The molecule has 2 aliphatic heterocycles. The highest BCUT2D eigenvalue weighted by molar-refractivity contribution is 7.92. The number of aryl methyl sites for hydroxylation is 2. The summed E-state index contributed by atoms with van der Waals surface area (Å²) in [7, 11) is -3.80. The quantitative estimate of drug-likeness (QED) is 0.277. The van der Waals surface area contributed by atoms with Crippen molar-refractivity contribution in [1.29, 1.82) is 0 Å². The second-order valence-corrected chi connectivity index (χ2v) is 12.2. The van der Waals surface area contributed by atoms with Crippen molar-refractivity contribution in [2.45, 2.75) is 55.9 Å². The van der Waals surface area contributed by atoms with Crippen molar-refractivity contribution in [3.8, 4) is 0 Å². The van der Waals surface area contributed by atoms with Crippen molar-refractivity contribution in [1.82, 2.24) is 15.2 Å². The molecule has 0 saturated heterocycles. The number of hydrogen-bond acceptors (Lipinski definition) is 6. The standard InChI is InChI=1S/C30H35N5O5S/c36-28(37)19-22-14-17-35(30(38)32-16-5-7-24-11-10-21-6-4-15-31-29(21)33-24)20-23-18-25(12-13-27(22)23)34-41(39,40)26-8-2-1-3-9-26/h1-3,8-13,18,22,34H,4-7,14-17,19-20H2,(H,31,33)(H,32,38)(H,36,37). The molecule has 0 spiro atoms. The summed E-state index contributed by atoms with van der Waals surface area (Å²) in [6.07, 6.45) is 4.05. The van der Waals surface area contributed by atoms with Gasteiger partial charge in [-0.3, -0.25) is 9.52 Å². The topological polar surface area (TPSA) is 141 Å². The number of hydrogen-bond donors (Lipinski definition) is 4. The lowest BCUT2D eigenvalue weighted by Gasteiger charge is -2.22. The third-order valence-corrected chi connectivity index (χ3v) is 8.94. The molecule has 1 aromatic heterocycles. The van der Waals surface area contributed by atoms with Crippen molar-refractivity contribution in [3.05, 3.63) is 83.0 Å². The molecule has 3 aromatic rings. The lowest BCUT2D eigenvalue weighted by molar-refractivity contribution is -0.137. The number of carboxylic acids is 1. The first-order valence-electron chi connectivity index (χ1n) is 14.0. The maximum absolute atomic E-state index is 13.2. The number of rotatable bonds is 9. The Morgan fingerprint density at radius 3 is 2.71 bits per heavy atom. The summed E-state index contributed by atoms with van der Waals surface area (Å²) in [4.78, 5) is 31.3. The Kier molecular flexibility index (Phi) is 8.72. The lowest BCUT2D eigenvalue weighted by Crippen LogP contribution is -2.40. The largest absolute Gasteiger partial charge is 0.481 e. The van der Waals surface area contributed by atoms with Gasteiger partial charge in [-0.15, -0.1) is 0 Å². The van der Waals surface area contributed by atoms with Crippen LogP contribution >= 0.6 is 0 Å². The monoisotopic (exact) mass is 577 g/mol. The first-order chi connectivity index (χ1) is 19.8. The minimum atomic E-state index is -3.80. The number of pyridine rings is 1. The first kappa shape index (κ1) is 28.4. The van der Waals surface area contributed by atoms with Crippen LogP contribution in [0.3, 0.4) is 0 Å². The number of sulfonamides is 1. The van der Waals surface area contributed by atoms with Crippen LogP contribution < -0.4 is 15.4 Å². The van der Waals surface area contributed by atoms with Crippen molar-refractivity contribution >= 4 is 33.5 Å². The number of benzene rings is 2. The van der Waals surface area contributed by atoms with Crippen LogP contribution in [0.1, 0.15) is 54.0 Å². The predicted octanol–water partition coefficient (Wildman–Crippen LogP) is 4.35. The van der Waals surface area contributed by atoms with Gasteiger partial charge in [0.2, 0.25) is 0 Å². The van der Waals surface area contributed by atoms with Crippen LogP contribution in [0, 0.1) is 0 Å². The van der Waals surface area contributed by atoms with Crippen molar-refractivity contribution in [3.63, 3.8) is 0 Å². The van der Waals surface area contributed by atoms with Crippen LogP contribution in [0.15, 0.2) is 65.6 Å². The molecule has 10 nitrogen and oxygen atoms in total. The maximum Gasteiger partial charge on any atom is 0.317 e. The Balaban J connectivity index is 1.24. The van der Waals surface area contributed by atoms with Gasteiger partial charge in [-0.25, -0.2) is 18.2 Å². The summed E-state index contributed by atoms with van der Waals surface area (Å²) in [5, 5.41) is 15.8. The van der Waals surface area contributed by atoms with E-state index in [1.807, 2.05) is 6.07 Å². The highest BCUT2D eigenvalue weighted by Crippen LogP contribution is 2.33. The minimum absolute atomic E-state index is 0.0693. The third-order valence-electron chi connectivity index (χ3n) is 7.54. The van der Waals surface area contributed by atoms with Gasteiger partial charge in [-0.1, -0.05) is 30.3 Å². The molecule has 2 aromatic carbocycles. The Bertz CT molecular complexity index is 1510. The van der Waals surface area contributed by atoms with Gasteiger partial charge in [-0.2, -0.15) is 0 Å². The van der Waals surface area contributed by atoms with Gasteiger partial charge < -0.3 is 20.6 Å². The van der Waals surface area contributed by atoms with Crippen LogP contribution in [0.4, 0.5) is 16.3 Å². The highest BCUT2D eigenvalue weighted by atomic mass is 32.2. The zero-order valence-corrected chi connectivity index (χ0v) is 23.6. The maximum atomic E-state index is 13.2. The summed E-state index contributed by atoms with van der Waals surface area (Å²) in [6, 6.07) is 17.1. The molecule has 4 N–H and O–H groups in total. The Hall–Kier alpha value is -4.12. The number of nitrogens with one attached hydrogen (secondary N) is 3. The summed E-state index contributed by atoms with van der Waals surface area (Å²) in [6.45, 7) is 2.05. The molecule has 1 unspecified atom stereocenters. The molecule has 1 atom stereocenters. The van der Waals surface area contributed by atoms with Gasteiger partial charge in [0, 0.05) is 37.6 Å². The number of carboxylic acid groups (broad SMARTS) is 1. The second kappa shape index (κ2) is 12.6. The number of amides is 2. The van der Waals surface area contributed by atoms with Crippen LogP contribution in [-0.2, 0) is 34.2 Å². The summed E-state index contributed by atoms with van der Waals surface area (Å²) in [5.74, 6) is -0.246. The van der Waals surface area contributed by atoms with E-state index in [1.165, 1.54) is 17.7 Å². The Morgan fingerprint density at radius 1 is 1.07 bits per heavy atom. The van der Waals surface area contributed by atoms with Crippen LogP contribution in [0.25, 0.3) is 0 Å². The average Bonchev–Trinajstić information content (AvgIpc) is 3.14. The van der Waals surface area contributed by atoms with E-state index in [-0.39, 0.29) is 29.8 Å². The number of carbonyl (C=O) groups is 2. The van der Waals surface area contributed by atoms with Crippen LogP contribution in [0.5, 0.6) is 0 Å². The molecule has 2 aliphatic rings. The van der Waals surface area contributed by atoms with E-state index in [1.54, 1.807) is 41.3 Å². The number of aromatic nitrogens is 1. The molecule has 41 heavy (non-hydrogen) atoms. The molecule has 0 saturated carbocycles. The highest BCUT2D eigenvalue weighted by Gasteiger charge is 2.27. The number of urea groups is 1. The molecule has 2 amide bonds. The van der Waals surface area contributed by atoms with E-state index in [0.717, 1.165) is 54.9 Å². The molecular weight excluding hydrogens is 542 g/mol. The third kappa shape index (κ3) is 7.15. The SMILES string of the molecule is O=C(O)CC1CCN(C(=O)NCCCc2ccc3c(n2)NCCC3)Cc2cc(NS(=O)(=O)c3ccccc3)ccc21. The summed E-state index contributed by atoms with van der Waals surface area (Å²) in [5.41, 5.74) is 4.13. The van der Waals surface area contributed by atoms with Crippen molar-refractivity contribution in [2.75, 3.05) is 29.7 Å². The summed E-state index contributed by atoms with van der Waals surface area (Å²) < 4.78 is 28.3. The van der Waals surface area contributed by atoms with Gasteiger partial charge in [0.1, 0.15) is 5.82 Å².